The molecule has 7 nitrogen and oxygen atoms in total. The van der Waals surface area contributed by atoms with Crippen LogP contribution in [0.25, 0.3) is 0 Å². The van der Waals surface area contributed by atoms with Crippen LogP contribution in [0.5, 0.6) is 0 Å². The molecular weight excluding hydrogens is 400 g/mol. The molecule has 26 heavy (non-hydrogen) atoms. The van der Waals surface area contributed by atoms with E-state index in [2.05, 4.69) is 26.6 Å². The summed E-state index contributed by atoms with van der Waals surface area (Å²) >= 11 is 3.43. The average molecular weight is 415 g/mol. The van der Waals surface area contributed by atoms with E-state index in [1.165, 1.54) is 0 Å². The molecule has 3 aromatic carbocycles. The van der Waals surface area contributed by atoms with Gasteiger partial charge < -0.3 is 15.3 Å². The molecule has 1 N–H and O–H groups in total. The van der Waals surface area contributed by atoms with Crippen LogP contribution in [0.4, 0.5) is 17.1 Å². The third-order valence-electron chi connectivity index (χ3n) is 3.12. The Balaban J connectivity index is 0.000000552. The van der Waals surface area contributed by atoms with Crippen molar-refractivity contribution in [3.05, 3.63) is 105 Å². The van der Waals surface area contributed by atoms with Crippen LogP contribution in [0.15, 0.2) is 94.6 Å². The predicted octanol–water partition coefficient (Wildman–Crippen LogP) is 5.52. The molecule has 0 atom stereocenters. The SMILES string of the molecule is Brc1ccc(NN=[N+](c2ccccc2)c2ccccc2)cc1.O=[N+]([O-])[O-]. The maximum atomic E-state index is 8.25. The van der Waals surface area contributed by atoms with E-state index < -0.39 is 5.09 Å². The molecule has 0 heterocycles. The van der Waals surface area contributed by atoms with Gasteiger partial charge in [0.05, 0.1) is 10.3 Å². The molecule has 0 saturated carbocycles. The van der Waals surface area contributed by atoms with Gasteiger partial charge in [-0.05, 0) is 48.5 Å². The number of nitrogens with one attached hydrogen (secondary N) is 1. The molecule has 0 spiro atoms. The van der Waals surface area contributed by atoms with Crippen LogP contribution in [0.1, 0.15) is 0 Å². The van der Waals surface area contributed by atoms with Gasteiger partial charge in [-0.3, -0.25) is 0 Å². The Morgan fingerprint density at radius 1 is 0.769 bits per heavy atom. The molecule has 132 valence electrons. The molecule has 3 rings (SSSR count). The third-order valence-corrected chi connectivity index (χ3v) is 3.65. The van der Waals surface area contributed by atoms with E-state index in [0.29, 0.717) is 0 Å². The molecule has 0 fully saturated rings. The lowest BCUT2D eigenvalue weighted by molar-refractivity contribution is -0.402. The number of rotatable bonds is 4. The molecule has 0 aliphatic rings. The van der Waals surface area contributed by atoms with Crippen molar-refractivity contribution in [3.63, 3.8) is 0 Å². The topological polar surface area (TPSA) is 93.6 Å². The van der Waals surface area contributed by atoms with Crippen molar-refractivity contribution in [2.45, 2.75) is 0 Å². The second-order valence-electron chi connectivity index (χ2n) is 4.93. The Morgan fingerprint density at radius 3 is 1.62 bits per heavy atom. The Labute approximate surface area is 158 Å². The van der Waals surface area contributed by atoms with E-state index in [4.69, 9.17) is 15.3 Å². The zero-order chi connectivity index (χ0) is 18.8. The standard InChI is InChI=1S/C18H14BrN3.NO3/c19-15-11-13-16(14-12-15)20-21-22(17-7-3-1-4-8-17)18-9-5-2-6-10-18;2-1(3)4/h1-14H;/q;-1/p+1. The summed E-state index contributed by atoms with van der Waals surface area (Å²) in [4.78, 5) is 8.25. The Hall–Kier alpha value is -3.26. The first-order valence-electron chi connectivity index (χ1n) is 7.50. The van der Waals surface area contributed by atoms with E-state index >= 15 is 0 Å². The van der Waals surface area contributed by atoms with Gasteiger partial charge in [0.2, 0.25) is 0 Å². The second kappa shape index (κ2) is 9.90. The van der Waals surface area contributed by atoms with E-state index in [9.17, 15) is 0 Å². The van der Waals surface area contributed by atoms with Crippen LogP contribution in [0, 0.1) is 15.3 Å². The molecule has 0 amide bonds. The molecule has 3 aromatic rings. The second-order valence-corrected chi connectivity index (χ2v) is 5.84. The molecule has 8 heteroatoms. The van der Waals surface area contributed by atoms with Crippen LogP contribution in [-0.2, 0) is 0 Å². The number of hydrogen-bond donors (Lipinski definition) is 1. The molecule has 0 unspecified atom stereocenters. The van der Waals surface area contributed by atoms with E-state index in [0.717, 1.165) is 21.5 Å². The molecule has 0 radical (unpaired) electrons. The van der Waals surface area contributed by atoms with Crippen LogP contribution >= 0.6 is 15.9 Å². The van der Waals surface area contributed by atoms with Crippen molar-refractivity contribution in [1.29, 1.82) is 0 Å². The van der Waals surface area contributed by atoms with E-state index in [1.807, 2.05) is 89.6 Å². The zero-order valence-corrected chi connectivity index (χ0v) is 15.1. The average Bonchev–Trinajstić information content (AvgIpc) is 2.65. The summed E-state index contributed by atoms with van der Waals surface area (Å²) in [5.41, 5.74) is 6.03. The van der Waals surface area contributed by atoms with E-state index in [-0.39, 0.29) is 0 Å². The van der Waals surface area contributed by atoms with Gasteiger partial charge in [-0.2, -0.15) is 0 Å². The number of anilines is 1. The monoisotopic (exact) mass is 414 g/mol. The molecule has 0 saturated heterocycles. The zero-order valence-electron chi connectivity index (χ0n) is 13.5. The smallest absolute Gasteiger partial charge is 0.156 e. The van der Waals surface area contributed by atoms with Crippen LogP contribution in [0.2, 0.25) is 0 Å². The molecule has 0 bridgehead atoms. The van der Waals surface area contributed by atoms with Crippen molar-refractivity contribution in [2.75, 3.05) is 5.43 Å². The van der Waals surface area contributed by atoms with Gasteiger partial charge >= 0.3 is 0 Å². The maximum Gasteiger partial charge on any atom is 0.156 e. The van der Waals surface area contributed by atoms with Gasteiger partial charge in [0.25, 0.3) is 0 Å². The highest BCUT2D eigenvalue weighted by atomic mass is 79.9. The van der Waals surface area contributed by atoms with Crippen LogP contribution in [-0.4, -0.2) is 5.09 Å². The van der Waals surface area contributed by atoms with Gasteiger partial charge in [0, 0.05) is 4.47 Å². The first kappa shape index (κ1) is 19.1. The van der Waals surface area contributed by atoms with E-state index in [1.54, 1.807) is 0 Å². The molecule has 0 aliphatic carbocycles. The number of benzene rings is 3. The first-order valence-corrected chi connectivity index (χ1v) is 8.29. The largest absolute Gasteiger partial charge is 0.356 e. The number of para-hydroxylation sites is 2. The Kier molecular flexibility index (Phi) is 7.26. The van der Waals surface area contributed by atoms with Crippen molar-refractivity contribution >= 4 is 33.0 Å². The number of nitrogens with zero attached hydrogens (tertiary/aromatic N) is 3. The van der Waals surface area contributed by atoms with Gasteiger partial charge in [0.1, 0.15) is 5.69 Å². The van der Waals surface area contributed by atoms with Crippen molar-refractivity contribution < 1.29 is 5.09 Å². The summed E-state index contributed by atoms with van der Waals surface area (Å²) in [5, 5.41) is 19.3. The van der Waals surface area contributed by atoms with Gasteiger partial charge in [-0.15, -0.1) is 5.43 Å². The Morgan fingerprint density at radius 2 is 1.19 bits per heavy atom. The van der Waals surface area contributed by atoms with Crippen LogP contribution in [0.3, 0.4) is 0 Å². The molecule has 0 aromatic heterocycles. The minimum absolute atomic E-state index is 0.931. The lowest BCUT2D eigenvalue weighted by Gasteiger charge is -2.04. The minimum Gasteiger partial charge on any atom is -0.356 e. The van der Waals surface area contributed by atoms with Gasteiger partial charge in [-0.25, -0.2) is 0 Å². The lowest BCUT2D eigenvalue weighted by atomic mass is 10.2. The van der Waals surface area contributed by atoms with Gasteiger partial charge in [-0.1, -0.05) is 57.0 Å². The fourth-order valence-corrected chi connectivity index (χ4v) is 2.30. The third kappa shape index (κ3) is 6.33. The quantitative estimate of drug-likeness (QED) is 0.263. The minimum atomic E-state index is -1.75. The summed E-state index contributed by atoms with van der Waals surface area (Å²) in [6, 6.07) is 28.0. The highest BCUT2D eigenvalue weighted by molar-refractivity contribution is 9.10. The maximum absolute atomic E-state index is 8.25. The summed E-state index contributed by atoms with van der Waals surface area (Å²) in [6.45, 7) is 0. The van der Waals surface area contributed by atoms with Crippen LogP contribution < -0.4 is 10.1 Å². The van der Waals surface area contributed by atoms with Crippen molar-refractivity contribution in [3.8, 4) is 0 Å². The predicted molar refractivity (Wildman–Crippen MR) is 105 cm³/mol. The summed E-state index contributed by atoms with van der Waals surface area (Å²) in [5.74, 6) is 0. The molecule has 0 aliphatic heterocycles. The number of halogens is 1. The fourth-order valence-electron chi connectivity index (χ4n) is 2.04. The normalized spacial score (nSPS) is 9.42. The lowest BCUT2D eigenvalue weighted by Crippen LogP contribution is -2.04. The number of hydrogen-bond acceptors (Lipinski definition) is 4. The fraction of sp³-hybridized carbons (Fsp3) is 0. The summed E-state index contributed by atoms with van der Waals surface area (Å²) < 4.78 is 2.92. The summed E-state index contributed by atoms with van der Waals surface area (Å²) in [7, 11) is 0. The van der Waals surface area contributed by atoms with Crippen molar-refractivity contribution in [1.82, 2.24) is 4.70 Å². The van der Waals surface area contributed by atoms with Crippen molar-refractivity contribution in [2.24, 2.45) is 5.22 Å². The highest BCUT2D eigenvalue weighted by Crippen LogP contribution is 2.21. The highest BCUT2D eigenvalue weighted by Gasteiger charge is 2.10. The van der Waals surface area contributed by atoms with Gasteiger partial charge in [0.15, 0.2) is 11.4 Å². The summed E-state index contributed by atoms with van der Waals surface area (Å²) in [6.07, 6.45) is 0. The Bertz CT molecular complexity index is 811. The molecular formula is C18H15BrN4O3. The first-order chi connectivity index (χ1) is 12.6.